The van der Waals surface area contributed by atoms with Gasteiger partial charge in [-0.3, -0.25) is 4.98 Å². The highest BCUT2D eigenvalue weighted by molar-refractivity contribution is 5.94. The molecule has 0 amide bonds. The molecule has 0 aliphatic heterocycles. The van der Waals surface area contributed by atoms with E-state index < -0.39 is 0 Å². The second kappa shape index (κ2) is 13.3. The Balaban J connectivity index is 1.30. The van der Waals surface area contributed by atoms with Gasteiger partial charge in [-0.15, -0.1) is 0 Å². The lowest BCUT2D eigenvalue weighted by atomic mass is 9.92. The van der Waals surface area contributed by atoms with Gasteiger partial charge in [-0.1, -0.05) is 50.8 Å². The maximum Gasteiger partial charge on any atom is 0.119 e. The van der Waals surface area contributed by atoms with E-state index in [0.29, 0.717) is 6.04 Å². The Hall–Kier alpha value is -3.09. The lowest BCUT2D eigenvalue weighted by molar-refractivity contribution is 0.415. The first kappa shape index (κ1) is 27.5. The first-order valence-electron chi connectivity index (χ1n) is 14.9. The number of anilines is 1. The van der Waals surface area contributed by atoms with Crippen LogP contribution in [0.2, 0.25) is 0 Å². The molecule has 1 aliphatic rings. The van der Waals surface area contributed by atoms with Gasteiger partial charge in [-0.05, 0) is 73.9 Å². The third-order valence-electron chi connectivity index (χ3n) is 8.18. The standard InChI is InChI=1S/C33H45N5O/c1-3-4-5-6-11-25(22-35-21-24(34)18-23-20-36-30-14-9-7-12-27(23)30)37-33-28-13-8-10-15-31(28)38-32-17-16-26(39-2)19-29(32)33/h7,9,12,14,16-17,19-20,24-25,35-36H,3-6,8,10-11,13,15,18,21-22,34H2,1-2H3,(H,37,38). The molecule has 0 saturated carbocycles. The normalized spacial score (nSPS) is 14.8. The molecule has 0 radical (unpaired) electrons. The van der Waals surface area contributed by atoms with Crippen LogP contribution in [0.3, 0.4) is 0 Å². The molecule has 0 bridgehead atoms. The number of rotatable bonds is 14. The molecule has 2 aromatic carbocycles. The third kappa shape index (κ3) is 6.74. The number of pyridine rings is 1. The quantitative estimate of drug-likeness (QED) is 0.140. The fourth-order valence-corrected chi connectivity index (χ4v) is 6.04. The second-order valence-corrected chi connectivity index (χ2v) is 11.2. The van der Waals surface area contributed by atoms with Crippen LogP contribution in [-0.4, -0.2) is 42.3 Å². The van der Waals surface area contributed by atoms with Gasteiger partial charge in [0.1, 0.15) is 5.75 Å². The van der Waals surface area contributed by atoms with Crippen LogP contribution in [0.5, 0.6) is 5.75 Å². The number of aromatic nitrogens is 2. The number of nitrogens with zero attached hydrogens (tertiary/aromatic N) is 1. The lowest BCUT2D eigenvalue weighted by Gasteiger charge is -2.27. The predicted octanol–water partition coefficient (Wildman–Crippen LogP) is 6.51. The summed E-state index contributed by atoms with van der Waals surface area (Å²) in [6.45, 7) is 3.95. The Morgan fingerprint density at radius 3 is 2.77 bits per heavy atom. The average molecular weight is 528 g/mol. The summed E-state index contributed by atoms with van der Waals surface area (Å²) in [5.41, 5.74) is 14.1. The van der Waals surface area contributed by atoms with Crippen molar-refractivity contribution in [3.8, 4) is 5.75 Å². The van der Waals surface area contributed by atoms with E-state index >= 15 is 0 Å². The van der Waals surface area contributed by atoms with Crippen LogP contribution in [0.1, 0.15) is 68.7 Å². The van der Waals surface area contributed by atoms with E-state index in [-0.39, 0.29) is 6.04 Å². The molecule has 208 valence electrons. The van der Waals surface area contributed by atoms with Gasteiger partial charge in [0, 0.05) is 59.0 Å². The molecular formula is C33H45N5O. The molecule has 2 unspecified atom stereocenters. The molecule has 1 aliphatic carbocycles. The molecule has 5 N–H and O–H groups in total. The Bertz CT molecular complexity index is 1360. The highest BCUT2D eigenvalue weighted by Gasteiger charge is 2.21. The van der Waals surface area contributed by atoms with Crippen LogP contribution in [0.15, 0.2) is 48.7 Å². The van der Waals surface area contributed by atoms with Crippen molar-refractivity contribution in [2.75, 3.05) is 25.5 Å². The van der Waals surface area contributed by atoms with Gasteiger partial charge in [-0.2, -0.15) is 0 Å². The van der Waals surface area contributed by atoms with E-state index in [1.54, 1.807) is 7.11 Å². The molecule has 5 rings (SSSR count). The highest BCUT2D eigenvalue weighted by Crippen LogP contribution is 2.35. The maximum atomic E-state index is 6.61. The summed E-state index contributed by atoms with van der Waals surface area (Å²) in [7, 11) is 1.74. The van der Waals surface area contributed by atoms with Crippen molar-refractivity contribution in [2.45, 2.75) is 83.2 Å². The van der Waals surface area contributed by atoms with Crippen molar-refractivity contribution in [1.82, 2.24) is 15.3 Å². The topological polar surface area (TPSA) is 88.0 Å². The zero-order chi connectivity index (χ0) is 27.0. The van der Waals surface area contributed by atoms with Gasteiger partial charge >= 0.3 is 0 Å². The minimum atomic E-state index is 0.0590. The van der Waals surface area contributed by atoms with Crippen LogP contribution in [-0.2, 0) is 19.3 Å². The maximum absolute atomic E-state index is 6.61. The van der Waals surface area contributed by atoms with Crippen molar-refractivity contribution >= 4 is 27.5 Å². The Labute approximate surface area is 233 Å². The SMILES string of the molecule is CCCCCCC(CNCC(N)Cc1c[nH]c2ccccc12)Nc1c2c(nc3ccc(OC)cc13)CCCC2. The summed E-state index contributed by atoms with van der Waals surface area (Å²) < 4.78 is 5.60. The number of hydrogen-bond acceptors (Lipinski definition) is 5. The number of aromatic amines is 1. The lowest BCUT2D eigenvalue weighted by Crippen LogP contribution is -2.41. The van der Waals surface area contributed by atoms with E-state index in [4.69, 9.17) is 15.5 Å². The summed E-state index contributed by atoms with van der Waals surface area (Å²) in [5, 5.41) is 10.2. The Kier molecular flexibility index (Phi) is 9.38. The van der Waals surface area contributed by atoms with E-state index in [2.05, 4.69) is 65.1 Å². The number of methoxy groups -OCH3 is 1. The molecule has 0 fully saturated rings. The Morgan fingerprint density at radius 2 is 1.90 bits per heavy atom. The number of fused-ring (bicyclic) bond motifs is 3. The highest BCUT2D eigenvalue weighted by atomic mass is 16.5. The zero-order valence-electron chi connectivity index (χ0n) is 23.7. The van der Waals surface area contributed by atoms with Crippen LogP contribution in [0, 0.1) is 0 Å². The van der Waals surface area contributed by atoms with Crippen LogP contribution >= 0.6 is 0 Å². The van der Waals surface area contributed by atoms with E-state index in [1.807, 2.05) is 6.07 Å². The summed E-state index contributed by atoms with van der Waals surface area (Å²) in [6.07, 6.45) is 13.7. The van der Waals surface area contributed by atoms with Crippen molar-refractivity contribution in [1.29, 1.82) is 0 Å². The van der Waals surface area contributed by atoms with Gasteiger partial charge in [-0.25, -0.2) is 0 Å². The monoisotopic (exact) mass is 527 g/mol. The number of nitrogens with one attached hydrogen (secondary N) is 3. The van der Waals surface area contributed by atoms with Crippen LogP contribution in [0.25, 0.3) is 21.8 Å². The number of hydrogen-bond donors (Lipinski definition) is 4. The third-order valence-corrected chi connectivity index (χ3v) is 8.18. The molecule has 2 aromatic heterocycles. The number of H-pyrrole nitrogens is 1. The number of benzene rings is 2. The second-order valence-electron chi connectivity index (χ2n) is 11.2. The van der Waals surface area contributed by atoms with E-state index in [1.165, 1.54) is 77.3 Å². The van der Waals surface area contributed by atoms with Gasteiger partial charge in [0.15, 0.2) is 0 Å². The predicted molar refractivity (Wildman–Crippen MR) is 164 cm³/mol. The van der Waals surface area contributed by atoms with Gasteiger partial charge in [0.2, 0.25) is 0 Å². The van der Waals surface area contributed by atoms with E-state index in [0.717, 1.165) is 50.0 Å². The number of nitrogens with two attached hydrogens (primary N) is 1. The van der Waals surface area contributed by atoms with Gasteiger partial charge in [0.25, 0.3) is 0 Å². The molecular weight excluding hydrogens is 482 g/mol. The Morgan fingerprint density at radius 1 is 1.03 bits per heavy atom. The smallest absolute Gasteiger partial charge is 0.119 e. The average Bonchev–Trinajstić information content (AvgIpc) is 3.37. The first-order valence-corrected chi connectivity index (χ1v) is 14.9. The van der Waals surface area contributed by atoms with Crippen molar-refractivity contribution in [3.63, 3.8) is 0 Å². The molecule has 4 aromatic rings. The largest absolute Gasteiger partial charge is 0.497 e. The zero-order valence-corrected chi connectivity index (χ0v) is 23.7. The molecule has 6 nitrogen and oxygen atoms in total. The molecule has 0 spiro atoms. The fraction of sp³-hybridized carbons (Fsp3) is 0.485. The van der Waals surface area contributed by atoms with Gasteiger partial charge < -0.3 is 26.1 Å². The van der Waals surface area contributed by atoms with E-state index in [9.17, 15) is 0 Å². The number of aryl methyl sites for hydroxylation is 1. The minimum Gasteiger partial charge on any atom is -0.497 e. The fourth-order valence-electron chi connectivity index (χ4n) is 6.04. The molecule has 2 heterocycles. The van der Waals surface area contributed by atoms with Crippen LogP contribution in [0.4, 0.5) is 5.69 Å². The summed E-state index contributed by atoms with van der Waals surface area (Å²) in [4.78, 5) is 8.43. The number of unbranched alkanes of at least 4 members (excludes halogenated alkanes) is 3. The summed E-state index contributed by atoms with van der Waals surface area (Å²) in [6, 6.07) is 15.1. The van der Waals surface area contributed by atoms with Crippen molar-refractivity contribution in [2.24, 2.45) is 5.73 Å². The number of ether oxygens (including phenoxy) is 1. The molecule has 39 heavy (non-hydrogen) atoms. The molecule has 0 saturated heterocycles. The molecule has 6 heteroatoms. The van der Waals surface area contributed by atoms with Crippen LogP contribution < -0.4 is 21.1 Å². The van der Waals surface area contributed by atoms with Gasteiger partial charge in [0.05, 0.1) is 12.6 Å². The number of para-hydroxylation sites is 1. The van der Waals surface area contributed by atoms with Crippen molar-refractivity contribution in [3.05, 3.63) is 65.5 Å². The van der Waals surface area contributed by atoms with Crippen molar-refractivity contribution < 1.29 is 4.74 Å². The first-order chi connectivity index (χ1) is 19.2. The molecule has 2 atom stereocenters. The summed E-state index contributed by atoms with van der Waals surface area (Å²) in [5.74, 6) is 0.879. The summed E-state index contributed by atoms with van der Waals surface area (Å²) >= 11 is 0. The minimum absolute atomic E-state index is 0.0590.